The van der Waals surface area contributed by atoms with Gasteiger partial charge in [0.15, 0.2) is 11.8 Å². The number of hydrogen-bond acceptors (Lipinski definition) is 3. The van der Waals surface area contributed by atoms with E-state index in [2.05, 4.69) is 0 Å². The summed E-state index contributed by atoms with van der Waals surface area (Å²) < 4.78 is 0. The molecule has 2 unspecified atom stereocenters. The van der Waals surface area contributed by atoms with Gasteiger partial charge in [0.1, 0.15) is 6.17 Å². The summed E-state index contributed by atoms with van der Waals surface area (Å²) >= 11 is 0. The molecule has 0 aliphatic carbocycles. The second-order valence-corrected chi connectivity index (χ2v) is 5.44. The zero-order valence-corrected chi connectivity index (χ0v) is 11.6. The summed E-state index contributed by atoms with van der Waals surface area (Å²) in [5, 5.41) is 0. The van der Waals surface area contributed by atoms with Gasteiger partial charge in [-0.15, -0.1) is 0 Å². The van der Waals surface area contributed by atoms with E-state index in [0.717, 1.165) is 11.3 Å². The van der Waals surface area contributed by atoms with E-state index in [-0.39, 0.29) is 17.9 Å². The number of anilines is 1. The number of fused-ring (bicyclic) bond motifs is 4. The second kappa shape index (κ2) is 4.27. The van der Waals surface area contributed by atoms with Crippen molar-refractivity contribution in [3.63, 3.8) is 0 Å². The van der Waals surface area contributed by atoms with Crippen LogP contribution < -0.4 is 4.90 Å². The van der Waals surface area contributed by atoms with Crippen molar-refractivity contribution in [1.82, 2.24) is 4.90 Å². The summed E-state index contributed by atoms with van der Waals surface area (Å²) in [6.07, 6.45) is -0.209. The number of amides is 1. The van der Waals surface area contributed by atoms with Gasteiger partial charge in [-0.1, -0.05) is 42.5 Å². The predicted molar refractivity (Wildman–Crippen MR) is 79.0 cm³/mol. The van der Waals surface area contributed by atoms with Crippen LogP contribution in [0.1, 0.15) is 22.1 Å². The van der Waals surface area contributed by atoms with E-state index >= 15 is 0 Å². The summed E-state index contributed by atoms with van der Waals surface area (Å²) in [4.78, 5) is 28.9. The van der Waals surface area contributed by atoms with Gasteiger partial charge in [0.05, 0.1) is 0 Å². The lowest BCUT2D eigenvalue weighted by molar-refractivity contribution is -0.118. The fourth-order valence-electron chi connectivity index (χ4n) is 3.36. The van der Waals surface area contributed by atoms with E-state index in [1.807, 2.05) is 66.5 Å². The predicted octanol–water partition coefficient (Wildman–Crippen LogP) is 2.23. The number of likely N-dealkylation sites (N-methyl/N-ethyl adjacent to an activating group) is 1. The van der Waals surface area contributed by atoms with Crippen LogP contribution in [-0.4, -0.2) is 29.7 Å². The molecule has 21 heavy (non-hydrogen) atoms. The van der Waals surface area contributed by atoms with Gasteiger partial charge in [-0.2, -0.15) is 0 Å². The average Bonchev–Trinajstić information content (AvgIpc) is 2.72. The molecule has 2 aromatic rings. The van der Waals surface area contributed by atoms with Gasteiger partial charge in [-0.3, -0.25) is 19.4 Å². The number of benzene rings is 2. The Morgan fingerprint density at radius 1 is 0.905 bits per heavy atom. The molecule has 2 heterocycles. The average molecular weight is 278 g/mol. The number of rotatable bonds is 1. The third kappa shape index (κ3) is 1.53. The molecule has 0 saturated carbocycles. The fourth-order valence-corrected chi connectivity index (χ4v) is 3.36. The molecule has 1 saturated heterocycles. The molecule has 104 valence electrons. The molecular formula is C17H14N2O2. The highest BCUT2D eigenvalue weighted by atomic mass is 16.2. The van der Waals surface area contributed by atoms with Crippen LogP contribution in [0.25, 0.3) is 0 Å². The Morgan fingerprint density at radius 3 is 2.33 bits per heavy atom. The first kappa shape index (κ1) is 12.3. The number of ketones is 1. The standard InChI is InChI=1S/C17H14N2O2/c1-18-14-15(20)12-9-5-6-10-13(12)16(18)19(17(14)21)11-7-3-2-4-8-11/h2-10,14,16H,1H3. The normalized spacial score (nSPS) is 24.3. The third-order valence-electron chi connectivity index (χ3n) is 4.30. The van der Waals surface area contributed by atoms with E-state index in [0.29, 0.717) is 5.56 Å². The molecule has 1 fully saturated rings. The van der Waals surface area contributed by atoms with E-state index in [4.69, 9.17) is 0 Å². The molecule has 4 heteroatoms. The zero-order chi connectivity index (χ0) is 14.6. The van der Waals surface area contributed by atoms with Crippen molar-refractivity contribution < 1.29 is 9.59 Å². The lowest BCUT2D eigenvalue weighted by Crippen LogP contribution is -2.42. The fraction of sp³-hybridized carbons (Fsp3) is 0.176. The Morgan fingerprint density at radius 2 is 1.57 bits per heavy atom. The zero-order valence-electron chi connectivity index (χ0n) is 11.6. The number of Topliss-reactive ketones (excluding diaryl/α,β-unsaturated/α-hetero) is 1. The summed E-state index contributed by atoms with van der Waals surface area (Å²) in [7, 11) is 1.84. The van der Waals surface area contributed by atoms with Crippen molar-refractivity contribution in [2.24, 2.45) is 0 Å². The Labute approximate surface area is 122 Å². The maximum absolute atomic E-state index is 12.7. The van der Waals surface area contributed by atoms with E-state index in [1.54, 1.807) is 4.90 Å². The van der Waals surface area contributed by atoms with Crippen LogP contribution in [0.15, 0.2) is 54.6 Å². The quantitative estimate of drug-likeness (QED) is 0.751. The Hall–Kier alpha value is -2.46. The largest absolute Gasteiger partial charge is 0.292 e. The van der Waals surface area contributed by atoms with Gasteiger partial charge in [0, 0.05) is 16.8 Å². The summed E-state index contributed by atoms with van der Waals surface area (Å²) in [6, 6.07) is 16.3. The lowest BCUT2D eigenvalue weighted by atomic mass is 9.93. The third-order valence-corrected chi connectivity index (χ3v) is 4.30. The number of para-hydroxylation sites is 1. The van der Waals surface area contributed by atoms with Crippen molar-refractivity contribution in [2.75, 3.05) is 11.9 Å². The maximum Gasteiger partial charge on any atom is 0.254 e. The van der Waals surface area contributed by atoms with Crippen molar-refractivity contribution in [3.8, 4) is 0 Å². The maximum atomic E-state index is 12.7. The van der Waals surface area contributed by atoms with Crippen molar-refractivity contribution in [1.29, 1.82) is 0 Å². The molecule has 4 nitrogen and oxygen atoms in total. The summed E-state index contributed by atoms with van der Waals surface area (Å²) in [6.45, 7) is 0. The van der Waals surface area contributed by atoms with Crippen molar-refractivity contribution in [2.45, 2.75) is 12.2 Å². The molecule has 2 aliphatic rings. The molecule has 0 N–H and O–H groups in total. The van der Waals surface area contributed by atoms with Gasteiger partial charge < -0.3 is 0 Å². The van der Waals surface area contributed by atoms with Crippen LogP contribution in [0.4, 0.5) is 5.69 Å². The highest BCUT2D eigenvalue weighted by molar-refractivity contribution is 6.21. The second-order valence-electron chi connectivity index (χ2n) is 5.44. The molecule has 2 aromatic carbocycles. The van der Waals surface area contributed by atoms with Crippen LogP contribution in [0.5, 0.6) is 0 Å². The SMILES string of the molecule is CN1C2C(=O)c3ccccc3C1N(c1ccccc1)C2=O. The smallest absolute Gasteiger partial charge is 0.254 e. The molecule has 0 spiro atoms. The minimum absolute atomic E-state index is 0.104. The Kier molecular flexibility index (Phi) is 2.50. The minimum atomic E-state index is -0.704. The van der Waals surface area contributed by atoms with Crippen LogP contribution in [0, 0.1) is 0 Å². The van der Waals surface area contributed by atoms with Gasteiger partial charge in [0.2, 0.25) is 0 Å². The van der Waals surface area contributed by atoms with E-state index < -0.39 is 6.04 Å². The van der Waals surface area contributed by atoms with Crippen molar-refractivity contribution >= 4 is 17.4 Å². The molecule has 0 aromatic heterocycles. The van der Waals surface area contributed by atoms with E-state index in [9.17, 15) is 9.59 Å². The van der Waals surface area contributed by atoms with Crippen LogP contribution >= 0.6 is 0 Å². The van der Waals surface area contributed by atoms with Crippen molar-refractivity contribution in [3.05, 3.63) is 65.7 Å². The Bertz CT molecular complexity index is 741. The van der Waals surface area contributed by atoms with Gasteiger partial charge in [-0.25, -0.2) is 0 Å². The minimum Gasteiger partial charge on any atom is -0.292 e. The first-order valence-corrected chi connectivity index (χ1v) is 6.93. The number of carbonyl (C=O) groups is 2. The molecule has 2 atom stereocenters. The summed E-state index contributed by atoms with van der Waals surface area (Å²) in [5.74, 6) is -0.248. The molecular weight excluding hydrogens is 264 g/mol. The molecule has 2 aliphatic heterocycles. The van der Waals surface area contributed by atoms with Crippen LogP contribution in [-0.2, 0) is 4.79 Å². The van der Waals surface area contributed by atoms with Gasteiger partial charge in [-0.05, 0) is 19.2 Å². The molecule has 0 radical (unpaired) electrons. The monoisotopic (exact) mass is 278 g/mol. The number of carbonyl (C=O) groups excluding carboxylic acids is 2. The molecule has 4 rings (SSSR count). The topological polar surface area (TPSA) is 40.6 Å². The molecule has 1 amide bonds. The van der Waals surface area contributed by atoms with Crippen LogP contribution in [0.3, 0.4) is 0 Å². The van der Waals surface area contributed by atoms with E-state index in [1.165, 1.54) is 0 Å². The van der Waals surface area contributed by atoms with Gasteiger partial charge in [0.25, 0.3) is 5.91 Å². The molecule has 2 bridgehead atoms. The first-order chi connectivity index (χ1) is 10.2. The summed E-state index contributed by atoms with van der Waals surface area (Å²) in [5.41, 5.74) is 2.39. The highest BCUT2D eigenvalue weighted by Crippen LogP contribution is 2.43. The Balaban J connectivity index is 1.94. The van der Waals surface area contributed by atoms with Gasteiger partial charge >= 0.3 is 0 Å². The number of nitrogens with zero attached hydrogens (tertiary/aromatic N) is 2. The first-order valence-electron chi connectivity index (χ1n) is 6.93. The number of hydrogen-bond donors (Lipinski definition) is 0. The lowest BCUT2D eigenvalue weighted by Gasteiger charge is -2.32. The van der Waals surface area contributed by atoms with Crippen LogP contribution in [0.2, 0.25) is 0 Å². The highest BCUT2D eigenvalue weighted by Gasteiger charge is 2.53.